The van der Waals surface area contributed by atoms with E-state index in [2.05, 4.69) is 4.74 Å². The number of Topliss-reactive ketones (excluding diaryl/α,β-unsaturated/α-hetero) is 1. The molecule has 0 unspecified atom stereocenters. The number of rotatable bonds is 3. The summed E-state index contributed by atoms with van der Waals surface area (Å²) in [4.78, 5) is 11.3. The molecule has 0 aliphatic carbocycles. The third-order valence-corrected chi connectivity index (χ3v) is 2.12. The molecule has 0 bridgehead atoms. The highest BCUT2D eigenvalue weighted by Gasteiger charge is 2.31. The fourth-order valence-corrected chi connectivity index (χ4v) is 1.33. The first kappa shape index (κ1) is 12.8. The van der Waals surface area contributed by atoms with E-state index in [9.17, 15) is 18.0 Å². The lowest BCUT2D eigenvalue weighted by atomic mass is 10.1. The highest BCUT2D eigenvalue weighted by molar-refractivity contribution is 6.34. The number of ether oxygens (including phenoxy) is 1. The van der Waals surface area contributed by atoms with E-state index >= 15 is 0 Å². The summed E-state index contributed by atoms with van der Waals surface area (Å²) in [5, 5.41) is 0.112. The molecule has 0 atom stereocenters. The van der Waals surface area contributed by atoms with Crippen molar-refractivity contribution in [3.63, 3.8) is 0 Å². The quantitative estimate of drug-likeness (QED) is 0.764. The Morgan fingerprint density at radius 1 is 1.44 bits per heavy atom. The SMILES string of the molecule is CCC(=O)c1cc(OC(F)(F)F)ccc1Cl. The molecule has 0 N–H and O–H groups in total. The predicted octanol–water partition coefficient (Wildman–Crippen LogP) is 3.83. The van der Waals surface area contributed by atoms with E-state index in [1.165, 1.54) is 6.07 Å². The van der Waals surface area contributed by atoms with Gasteiger partial charge in [-0.2, -0.15) is 0 Å². The van der Waals surface area contributed by atoms with Gasteiger partial charge in [0.05, 0.1) is 5.02 Å². The van der Waals surface area contributed by atoms with Crippen molar-refractivity contribution in [2.75, 3.05) is 0 Å². The maximum Gasteiger partial charge on any atom is 0.573 e. The number of alkyl halides is 3. The van der Waals surface area contributed by atoms with Crippen molar-refractivity contribution >= 4 is 17.4 Å². The number of carbonyl (C=O) groups is 1. The maximum atomic E-state index is 11.9. The minimum atomic E-state index is -4.78. The van der Waals surface area contributed by atoms with Crippen LogP contribution in [0.15, 0.2) is 18.2 Å². The largest absolute Gasteiger partial charge is 0.573 e. The number of halogens is 4. The topological polar surface area (TPSA) is 26.3 Å². The Morgan fingerprint density at radius 2 is 2.06 bits per heavy atom. The molecule has 16 heavy (non-hydrogen) atoms. The van der Waals surface area contributed by atoms with E-state index in [-0.39, 0.29) is 22.8 Å². The Balaban J connectivity index is 3.03. The molecule has 0 saturated carbocycles. The third-order valence-electron chi connectivity index (χ3n) is 1.79. The zero-order valence-electron chi connectivity index (χ0n) is 8.27. The number of ketones is 1. The Hall–Kier alpha value is -1.23. The molecule has 0 heterocycles. The first-order chi connectivity index (χ1) is 7.33. The molecule has 0 fully saturated rings. The molecule has 2 nitrogen and oxygen atoms in total. The average Bonchev–Trinajstić information content (AvgIpc) is 2.18. The van der Waals surface area contributed by atoms with Crippen LogP contribution in [0.5, 0.6) is 5.75 Å². The molecular formula is C10H8ClF3O2. The van der Waals surface area contributed by atoms with E-state index in [4.69, 9.17) is 11.6 Å². The van der Waals surface area contributed by atoms with E-state index in [1.54, 1.807) is 6.92 Å². The first-order valence-electron chi connectivity index (χ1n) is 4.42. The number of hydrogen-bond acceptors (Lipinski definition) is 2. The summed E-state index contributed by atoms with van der Waals surface area (Å²) in [5.41, 5.74) is 0.0333. The van der Waals surface area contributed by atoms with Crippen LogP contribution in [0.4, 0.5) is 13.2 Å². The second kappa shape index (κ2) is 4.74. The van der Waals surface area contributed by atoms with Crippen molar-refractivity contribution in [3.05, 3.63) is 28.8 Å². The Kier molecular flexibility index (Phi) is 3.80. The number of carbonyl (C=O) groups excluding carboxylic acids is 1. The smallest absolute Gasteiger partial charge is 0.406 e. The molecule has 1 aromatic carbocycles. The van der Waals surface area contributed by atoms with Crippen LogP contribution in [0, 0.1) is 0 Å². The molecule has 6 heteroatoms. The van der Waals surface area contributed by atoms with E-state index in [0.29, 0.717) is 0 Å². The second-order valence-corrected chi connectivity index (χ2v) is 3.37. The van der Waals surface area contributed by atoms with Gasteiger partial charge in [0.25, 0.3) is 0 Å². The van der Waals surface area contributed by atoms with Crippen LogP contribution in [0.3, 0.4) is 0 Å². The van der Waals surface area contributed by atoms with Crippen molar-refractivity contribution in [2.45, 2.75) is 19.7 Å². The normalized spacial score (nSPS) is 11.3. The predicted molar refractivity (Wildman–Crippen MR) is 52.8 cm³/mol. The minimum absolute atomic E-state index is 0.0333. The minimum Gasteiger partial charge on any atom is -0.406 e. The van der Waals surface area contributed by atoms with E-state index in [0.717, 1.165) is 12.1 Å². The molecule has 0 aliphatic heterocycles. The van der Waals surface area contributed by atoms with Crippen LogP contribution in [0.2, 0.25) is 5.02 Å². The average molecular weight is 253 g/mol. The molecule has 1 rings (SSSR count). The number of benzene rings is 1. The highest BCUT2D eigenvalue weighted by Crippen LogP contribution is 2.27. The van der Waals surface area contributed by atoms with Crippen molar-refractivity contribution in [3.8, 4) is 5.75 Å². The van der Waals surface area contributed by atoms with Gasteiger partial charge in [0.1, 0.15) is 5.75 Å². The molecule has 0 amide bonds. The van der Waals surface area contributed by atoms with Gasteiger partial charge in [0.2, 0.25) is 0 Å². The lowest BCUT2D eigenvalue weighted by Crippen LogP contribution is -2.17. The zero-order valence-corrected chi connectivity index (χ0v) is 9.02. The summed E-state index contributed by atoms with van der Waals surface area (Å²) < 4.78 is 39.4. The van der Waals surface area contributed by atoms with Crippen molar-refractivity contribution in [2.24, 2.45) is 0 Å². The molecule has 0 saturated heterocycles. The standard InChI is InChI=1S/C10H8ClF3O2/c1-2-9(15)7-5-6(3-4-8(7)11)16-10(12,13)14/h3-5H,2H2,1H3. The van der Waals surface area contributed by atoms with Gasteiger partial charge in [0, 0.05) is 12.0 Å². The third kappa shape index (κ3) is 3.41. The monoisotopic (exact) mass is 252 g/mol. The first-order valence-corrected chi connectivity index (χ1v) is 4.79. The highest BCUT2D eigenvalue weighted by atomic mass is 35.5. The molecule has 1 aromatic rings. The maximum absolute atomic E-state index is 11.9. The lowest BCUT2D eigenvalue weighted by Gasteiger charge is -2.10. The fraction of sp³-hybridized carbons (Fsp3) is 0.300. The Bertz CT molecular complexity index is 402. The molecule has 0 spiro atoms. The van der Waals surface area contributed by atoms with E-state index in [1.807, 2.05) is 0 Å². The van der Waals surface area contributed by atoms with Gasteiger partial charge < -0.3 is 4.74 Å². The second-order valence-electron chi connectivity index (χ2n) is 2.97. The van der Waals surface area contributed by atoms with Gasteiger partial charge in [-0.1, -0.05) is 18.5 Å². The Morgan fingerprint density at radius 3 is 2.56 bits per heavy atom. The fourth-order valence-electron chi connectivity index (χ4n) is 1.11. The van der Waals surface area contributed by atoms with Gasteiger partial charge in [-0.15, -0.1) is 13.2 Å². The van der Waals surface area contributed by atoms with Gasteiger partial charge in [-0.05, 0) is 18.2 Å². The number of hydrogen-bond donors (Lipinski definition) is 0. The van der Waals surface area contributed by atoms with Crippen molar-refractivity contribution < 1.29 is 22.7 Å². The van der Waals surface area contributed by atoms with Crippen LogP contribution in [-0.2, 0) is 0 Å². The van der Waals surface area contributed by atoms with Gasteiger partial charge in [-0.25, -0.2) is 0 Å². The van der Waals surface area contributed by atoms with Crippen LogP contribution < -0.4 is 4.74 Å². The summed E-state index contributed by atoms with van der Waals surface area (Å²) in [6.07, 6.45) is -4.62. The zero-order chi connectivity index (χ0) is 12.3. The summed E-state index contributed by atoms with van der Waals surface area (Å²) in [7, 11) is 0. The molecule has 0 radical (unpaired) electrons. The van der Waals surface area contributed by atoms with Crippen LogP contribution in [-0.4, -0.2) is 12.1 Å². The summed E-state index contributed by atoms with van der Waals surface area (Å²) in [5.74, 6) is -0.786. The van der Waals surface area contributed by atoms with Crippen LogP contribution in [0.1, 0.15) is 23.7 Å². The summed E-state index contributed by atoms with van der Waals surface area (Å²) in [6, 6.07) is 3.25. The molecular weight excluding hydrogens is 245 g/mol. The lowest BCUT2D eigenvalue weighted by molar-refractivity contribution is -0.274. The van der Waals surface area contributed by atoms with Gasteiger partial charge in [-0.3, -0.25) is 4.79 Å². The molecule has 88 valence electrons. The van der Waals surface area contributed by atoms with Crippen LogP contribution >= 0.6 is 11.6 Å². The van der Waals surface area contributed by atoms with E-state index < -0.39 is 12.1 Å². The van der Waals surface area contributed by atoms with Gasteiger partial charge >= 0.3 is 6.36 Å². The molecule has 0 aliphatic rings. The summed E-state index contributed by atoms with van der Waals surface area (Å²) >= 11 is 5.68. The van der Waals surface area contributed by atoms with Crippen molar-refractivity contribution in [1.82, 2.24) is 0 Å². The summed E-state index contributed by atoms with van der Waals surface area (Å²) in [6.45, 7) is 1.59. The van der Waals surface area contributed by atoms with Gasteiger partial charge in [0.15, 0.2) is 5.78 Å². The Labute approximate surface area is 95.0 Å². The van der Waals surface area contributed by atoms with Crippen LogP contribution in [0.25, 0.3) is 0 Å². The van der Waals surface area contributed by atoms with Crippen molar-refractivity contribution in [1.29, 1.82) is 0 Å². The molecule has 0 aromatic heterocycles.